The maximum atomic E-state index is 12.3. The summed E-state index contributed by atoms with van der Waals surface area (Å²) in [6.07, 6.45) is -0.706. The molecule has 0 amide bonds. The Labute approximate surface area is 172 Å². The first-order chi connectivity index (χ1) is 14.2. The number of ether oxygens (including phenoxy) is 3. The van der Waals surface area contributed by atoms with Gasteiger partial charge in [-0.1, -0.05) is 36.4 Å². The first kappa shape index (κ1) is 18.2. The molecular formula is C21H19N3O4S. The fraction of sp³-hybridized carbons (Fsp3) is 0.286. The van der Waals surface area contributed by atoms with Crippen molar-refractivity contribution < 1.29 is 19.0 Å². The van der Waals surface area contributed by atoms with Gasteiger partial charge in [0.05, 0.1) is 12.6 Å². The average Bonchev–Trinajstić information content (AvgIpc) is 3.33. The van der Waals surface area contributed by atoms with Gasteiger partial charge in [0.2, 0.25) is 11.1 Å². The van der Waals surface area contributed by atoms with Crippen LogP contribution in [-0.4, -0.2) is 39.1 Å². The molecule has 0 spiro atoms. The normalized spacial score (nSPS) is 23.3. The van der Waals surface area contributed by atoms with Crippen LogP contribution < -0.4 is 4.74 Å². The van der Waals surface area contributed by atoms with Crippen molar-refractivity contribution in [2.75, 3.05) is 6.61 Å². The number of aromatic nitrogens is 3. The van der Waals surface area contributed by atoms with Crippen molar-refractivity contribution in [1.82, 2.24) is 14.3 Å². The summed E-state index contributed by atoms with van der Waals surface area (Å²) in [4.78, 5) is 12.3. The first-order valence-corrected chi connectivity index (χ1v) is 9.85. The Hall–Kier alpha value is -2.81. The predicted octanol–water partition coefficient (Wildman–Crippen LogP) is 3.24. The zero-order valence-electron chi connectivity index (χ0n) is 15.5. The van der Waals surface area contributed by atoms with Gasteiger partial charge in [0.25, 0.3) is 0 Å². The Morgan fingerprint density at radius 3 is 2.59 bits per heavy atom. The fourth-order valence-corrected chi connectivity index (χ4v) is 4.09. The van der Waals surface area contributed by atoms with Crippen molar-refractivity contribution in [1.29, 1.82) is 0 Å². The van der Waals surface area contributed by atoms with Crippen molar-refractivity contribution in [3.8, 4) is 11.4 Å². The van der Waals surface area contributed by atoms with Crippen LogP contribution in [0.15, 0.2) is 60.7 Å². The third-order valence-electron chi connectivity index (χ3n) is 5.12. The Morgan fingerprint density at radius 1 is 1.10 bits per heavy atom. The van der Waals surface area contributed by atoms with E-state index in [1.807, 2.05) is 65.2 Å². The summed E-state index contributed by atoms with van der Waals surface area (Å²) >= 11 is 5.76. The summed E-state index contributed by atoms with van der Waals surface area (Å²) in [5.74, 6) is 1.32. The van der Waals surface area contributed by atoms with Crippen LogP contribution in [0, 0.1) is 4.77 Å². The SMILES string of the molecule is O=C1C[C@@H](n2nc(COc3ccccc3)n(-c3ccccc3)c2=S)[C@@H]2CO[C@@H]1O2. The summed E-state index contributed by atoms with van der Waals surface area (Å²) in [5, 5.41) is 4.74. The van der Waals surface area contributed by atoms with Gasteiger partial charge in [-0.05, 0) is 36.5 Å². The molecule has 148 valence electrons. The molecule has 2 aliphatic heterocycles. The first-order valence-electron chi connectivity index (χ1n) is 9.44. The molecule has 2 fully saturated rings. The summed E-state index contributed by atoms with van der Waals surface area (Å²) in [5.41, 5.74) is 0.888. The van der Waals surface area contributed by atoms with E-state index in [0.717, 1.165) is 11.4 Å². The molecule has 2 aromatic carbocycles. The number of ketones is 1. The third kappa shape index (κ3) is 3.39. The molecule has 1 aromatic heterocycles. The molecule has 2 bridgehead atoms. The summed E-state index contributed by atoms with van der Waals surface area (Å²) < 4.78 is 21.1. The minimum atomic E-state index is -0.748. The highest BCUT2D eigenvalue weighted by molar-refractivity contribution is 7.71. The lowest BCUT2D eigenvalue weighted by Crippen LogP contribution is -2.37. The maximum absolute atomic E-state index is 12.3. The Balaban J connectivity index is 1.53. The summed E-state index contributed by atoms with van der Waals surface area (Å²) in [7, 11) is 0. The molecule has 2 aliphatic rings. The van der Waals surface area contributed by atoms with Gasteiger partial charge in [0, 0.05) is 12.1 Å². The van der Waals surface area contributed by atoms with E-state index < -0.39 is 6.29 Å². The van der Waals surface area contributed by atoms with Crippen LogP contribution in [0.3, 0.4) is 0 Å². The molecule has 3 heterocycles. The molecule has 3 atom stereocenters. The van der Waals surface area contributed by atoms with E-state index in [-0.39, 0.29) is 31.0 Å². The van der Waals surface area contributed by atoms with Gasteiger partial charge in [-0.25, -0.2) is 4.68 Å². The van der Waals surface area contributed by atoms with E-state index >= 15 is 0 Å². The quantitative estimate of drug-likeness (QED) is 0.603. The highest BCUT2D eigenvalue weighted by atomic mass is 32.1. The van der Waals surface area contributed by atoms with Crippen molar-refractivity contribution in [3.05, 3.63) is 71.3 Å². The lowest BCUT2D eigenvalue weighted by molar-refractivity contribution is -0.156. The summed E-state index contributed by atoms with van der Waals surface area (Å²) in [6, 6.07) is 19.0. The number of carbonyl (C=O) groups excluding carboxylic acids is 1. The molecule has 3 aromatic rings. The minimum Gasteiger partial charge on any atom is -0.486 e. The van der Waals surface area contributed by atoms with Gasteiger partial charge in [-0.15, -0.1) is 0 Å². The van der Waals surface area contributed by atoms with E-state index in [1.54, 1.807) is 4.68 Å². The molecule has 0 N–H and O–H groups in total. The molecule has 29 heavy (non-hydrogen) atoms. The number of Topliss-reactive ketones (excluding diaryl/α,β-unsaturated/α-hetero) is 1. The van der Waals surface area contributed by atoms with Gasteiger partial charge in [-0.2, -0.15) is 5.10 Å². The van der Waals surface area contributed by atoms with E-state index in [2.05, 4.69) is 0 Å². The molecule has 7 nitrogen and oxygen atoms in total. The molecule has 0 radical (unpaired) electrons. The smallest absolute Gasteiger partial charge is 0.218 e. The number of fused-ring (bicyclic) bond motifs is 2. The molecular weight excluding hydrogens is 390 g/mol. The average molecular weight is 409 g/mol. The number of carbonyl (C=O) groups is 1. The maximum Gasteiger partial charge on any atom is 0.218 e. The molecule has 0 aliphatic carbocycles. The molecule has 0 unspecified atom stereocenters. The standard InChI is InChI=1S/C21H19N3O4S/c25-17-11-16(18-12-27-20(17)28-18)24-21(29)23(14-7-3-1-4-8-14)19(22-24)13-26-15-9-5-2-6-10-15/h1-10,16,18,20H,11-13H2/t16-,18+,20-/m1/s1. The van der Waals surface area contributed by atoms with Crippen molar-refractivity contribution in [2.45, 2.75) is 31.5 Å². The second-order valence-corrected chi connectivity index (χ2v) is 7.36. The lowest BCUT2D eigenvalue weighted by atomic mass is 10.0. The highest BCUT2D eigenvalue weighted by Crippen LogP contribution is 2.33. The van der Waals surface area contributed by atoms with Crippen LogP contribution in [0.25, 0.3) is 5.69 Å². The van der Waals surface area contributed by atoms with E-state index in [4.69, 9.17) is 31.5 Å². The molecule has 0 saturated carbocycles. The predicted molar refractivity (Wildman–Crippen MR) is 106 cm³/mol. The number of rotatable bonds is 5. The fourth-order valence-electron chi connectivity index (χ4n) is 3.70. The van der Waals surface area contributed by atoms with E-state index in [1.165, 1.54) is 0 Å². The molecule has 8 heteroatoms. The largest absolute Gasteiger partial charge is 0.486 e. The minimum absolute atomic E-state index is 0.0815. The second-order valence-electron chi connectivity index (χ2n) is 6.99. The Morgan fingerprint density at radius 2 is 1.83 bits per heavy atom. The zero-order chi connectivity index (χ0) is 19.8. The van der Waals surface area contributed by atoms with Crippen molar-refractivity contribution in [2.24, 2.45) is 0 Å². The molecule has 5 rings (SSSR count). The van der Waals surface area contributed by atoms with Gasteiger partial charge in [0.15, 0.2) is 11.6 Å². The van der Waals surface area contributed by atoms with Crippen LogP contribution >= 0.6 is 12.2 Å². The number of hydrogen-bond acceptors (Lipinski definition) is 6. The van der Waals surface area contributed by atoms with Gasteiger partial charge < -0.3 is 14.2 Å². The zero-order valence-corrected chi connectivity index (χ0v) is 16.3. The number of hydrogen-bond donors (Lipinski definition) is 0. The highest BCUT2D eigenvalue weighted by Gasteiger charge is 2.45. The number of benzene rings is 2. The third-order valence-corrected chi connectivity index (χ3v) is 5.49. The van der Waals surface area contributed by atoms with Crippen molar-refractivity contribution in [3.63, 3.8) is 0 Å². The monoisotopic (exact) mass is 409 g/mol. The second kappa shape index (κ2) is 7.55. The number of nitrogens with zero attached hydrogens (tertiary/aromatic N) is 3. The van der Waals surface area contributed by atoms with Gasteiger partial charge in [-0.3, -0.25) is 9.36 Å². The van der Waals surface area contributed by atoms with Crippen LogP contribution in [0.2, 0.25) is 0 Å². The Bertz CT molecular complexity index is 1080. The number of para-hydroxylation sites is 2. The molecule has 2 saturated heterocycles. The van der Waals surface area contributed by atoms with Crippen LogP contribution in [0.1, 0.15) is 18.3 Å². The van der Waals surface area contributed by atoms with Crippen molar-refractivity contribution >= 4 is 18.0 Å². The van der Waals surface area contributed by atoms with Crippen LogP contribution in [0.5, 0.6) is 5.75 Å². The topological polar surface area (TPSA) is 67.5 Å². The van der Waals surface area contributed by atoms with Gasteiger partial charge >= 0.3 is 0 Å². The van der Waals surface area contributed by atoms with Gasteiger partial charge in [0.1, 0.15) is 18.5 Å². The van der Waals surface area contributed by atoms with E-state index in [0.29, 0.717) is 17.2 Å². The lowest BCUT2D eigenvalue weighted by Gasteiger charge is -2.26. The van der Waals surface area contributed by atoms with Crippen LogP contribution in [-0.2, 0) is 20.9 Å². The Kier molecular flexibility index (Phi) is 4.75. The summed E-state index contributed by atoms with van der Waals surface area (Å²) in [6.45, 7) is 0.595. The van der Waals surface area contributed by atoms with Crippen LogP contribution in [0.4, 0.5) is 0 Å². The van der Waals surface area contributed by atoms with E-state index in [9.17, 15) is 4.79 Å².